The van der Waals surface area contributed by atoms with Crippen molar-refractivity contribution in [2.75, 3.05) is 7.11 Å². The Hall–Kier alpha value is -0.450. The fraction of sp³-hybridized carbons (Fsp3) is 0.500. The average molecular weight is 325 g/mol. The Labute approximate surface area is 117 Å². The highest BCUT2D eigenvalue weighted by atomic mass is 79.9. The highest BCUT2D eigenvalue weighted by molar-refractivity contribution is 9.10. The third kappa shape index (κ3) is 4.05. The van der Waals surface area contributed by atoms with Gasteiger partial charge in [0.2, 0.25) is 0 Å². The zero-order chi connectivity index (χ0) is 12.3. The molecule has 1 rings (SSSR count). The van der Waals surface area contributed by atoms with Gasteiger partial charge in [-0.1, -0.05) is 29.8 Å². The lowest BCUT2D eigenvalue weighted by molar-refractivity contribution is 0.365. The Kier molecular flexibility index (Phi) is 6.90. The molecule has 5 heteroatoms. The van der Waals surface area contributed by atoms with Gasteiger partial charge in [0.25, 0.3) is 0 Å². The molecule has 0 bridgehead atoms. The molecule has 0 aliphatic heterocycles. The first-order valence-corrected chi connectivity index (χ1v) is 6.07. The molecule has 1 aromatic carbocycles. The van der Waals surface area contributed by atoms with Crippen molar-refractivity contribution in [1.29, 1.82) is 0 Å². The van der Waals surface area contributed by atoms with E-state index in [1.165, 1.54) is 7.11 Å². The first-order chi connectivity index (χ1) is 7.47. The molecule has 0 unspecified atom stereocenters. The van der Waals surface area contributed by atoms with Crippen molar-refractivity contribution in [1.82, 2.24) is 0 Å². The number of halogens is 2. The molecule has 17 heavy (non-hydrogen) atoms. The predicted molar refractivity (Wildman–Crippen MR) is 76.0 cm³/mol. The van der Waals surface area contributed by atoms with E-state index in [1.54, 1.807) is 6.07 Å². The fourth-order valence-corrected chi connectivity index (χ4v) is 2.32. The molecule has 0 aliphatic carbocycles. The fourth-order valence-electron chi connectivity index (χ4n) is 1.71. The van der Waals surface area contributed by atoms with Gasteiger partial charge in [-0.15, -0.1) is 12.4 Å². The van der Waals surface area contributed by atoms with Crippen LogP contribution in [-0.4, -0.2) is 12.2 Å². The number of aromatic hydroxyl groups is 1. The quantitative estimate of drug-likeness (QED) is 0.889. The van der Waals surface area contributed by atoms with Crippen molar-refractivity contribution in [2.45, 2.75) is 26.3 Å². The van der Waals surface area contributed by atoms with Gasteiger partial charge in [0.1, 0.15) is 0 Å². The molecule has 0 spiro atoms. The highest BCUT2D eigenvalue weighted by Gasteiger charge is 2.19. The van der Waals surface area contributed by atoms with Gasteiger partial charge >= 0.3 is 0 Å². The van der Waals surface area contributed by atoms with E-state index in [0.717, 1.165) is 10.9 Å². The van der Waals surface area contributed by atoms with E-state index < -0.39 is 0 Å². The predicted octanol–water partition coefficient (Wildman–Crippen LogP) is 3.63. The van der Waals surface area contributed by atoms with Crippen LogP contribution in [-0.2, 0) is 0 Å². The van der Waals surface area contributed by atoms with E-state index in [0.29, 0.717) is 17.2 Å². The van der Waals surface area contributed by atoms with Gasteiger partial charge in [-0.3, -0.25) is 0 Å². The summed E-state index contributed by atoms with van der Waals surface area (Å²) in [6.45, 7) is 4.20. The SMILES string of the molecule is COc1ccc(Br)c([C@H](N)CC(C)C)c1O.Cl. The van der Waals surface area contributed by atoms with Crippen LogP contribution in [0.3, 0.4) is 0 Å². The topological polar surface area (TPSA) is 55.5 Å². The van der Waals surface area contributed by atoms with Crippen molar-refractivity contribution in [3.05, 3.63) is 22.2 Å². The molecule has 0 aromatic heterocycles. The second-order valence-electron chi connectivity index (χ2n) is 4.25. The largest absolute Gasteiger partial charge is 0.504 e. The Morgan fingerprint density at radius 3 is 2.47 bits per heavy atom. The molecule has 98 valence electrons. The average Bonchev–Trinajstić information content (AvgIpc) is 2.16. The van der Waals surface area contributed by atoms with Crippen LogP contribution >= 0.6 is 28.3 Å². The number of hydrogen-bond donors (Lipinski definition) is 2. The van der Waals surface area contributed by atoms with Gasteiger partial charge in [-0.05, 0) is 24.5 Å². The summed E-state index contributed by atoms with van der Waals surface area (Å²) in [5, 5.41) is 10.0. The smallest absolute Gasteiger partial charge is 0.163 e. The molecule has 0 saturated carbocycles. The molecule has 0 radical (unpaired) electrons. The lowest BCUT2D eigenvalue weighted by atomic mass is 9.97. The van der Waals surface area contributed by atoms with Gasteiger partial charge < -0.3 is 15.6 Å². The van der Waals surface area contributed by atoms with Crippen LogP contribution in [0, 0.1) is 5.92 Å². The van der Waals surface area contributed by atoms with Crippen LogP contribution in [0.2, 0.25) is 0 Å². The molecule has 0 fully saturated rings. The number of hydrogen-bond acceptors (Lipinski definition) is 3. The van der Waals surface area contributed by atoms with Crippen molar-refractivity contribution in [3.63, 3.8) is 0 Å². The van der Waals surface area contributed by atoms with Gasteiger partial charge in [0.15, 0.2) is 11.5 Å². The maximum atomic E-state index is 10.0. The normalized spacial score (nSPS) is 12.1. The second-order valence-corrected chi connectivity index (χ2v) is 5.10. The highest BCUT2D eigenvalue weighted by Crippen LogP contribution is 2.39. The summed E-state index contributed by atoms with van der Waals surface area (Å²) >= 11 is 3.41. The summed E-state index contributed by atoms with van der Waals surface area (Å²) in [6.07, 6.45) is 0.819. The number of phenolic OH excluding ortho intramolecular Hbond substituents is 1. The third-order valence-electron chi connectivity index (χ3n) is 2.44. The lowest BCUT2D eigenvalue weighted by Gasteiger charge is -2.18. The van der Waals surface area contributed by atoms with Crippen molar-refractivity contribution in [2.24, 2.45) is 11.7 Å². The number of ether oxygens (including phenoxy) is 1. The number of rotatable bonds is 4. The Bertz CT molecular complexity index is 372. The summed E-state index contributed by atoms with van der Waals surface area (Å²) in [5.74, 6) is 1.06. The van der Waals surface area contributed by atoms with Crippen LogP contribution in [0.15, 0.2) is 16.6 Å². The number of benzene rings is 1. The van der Waals surface area contributed by atoms with Gasteiger partial charge in [0, 0.05) is 16.1 Å². The Morgan fingerprint density at radius 2 is 2.00 bits per heavy atom. The first-order valence-electron chi connectivity index (χ1n) is 5.28. The molecular weight excluding hydrogens is 305 g/mol. The van der Waals surface area contributed by atoms with E-state index >= 15 is 0 Å². The van der Waals surface area contributed by atoms with Gasteiger partial charge in [-0.25, -0.2) is 0 Å². The molecule has 3 nitrogen and oxygen atoms in total. The van der Waals surface area contributed by atoms with E-state index in [2.05, 4.69) is 29.8 Å². The van der Waals surface area contributed by atoms with E-state index in [1.807, 2.05) is 6.07 Å². The van der Waals surface area contributed by atoms with Crippen LogP contribution in [0.4, 0.5) is 0 Å². The Balaban J connectivity index is 0.00000256. The summed E-state index contributed by atoms with van der Waals surface area (Å²) in [5.41, 5.74) is 6.79. The molecule has 0 saturated heterocycles. The number of methoxy groups -OCH3 is 1. The lowest BCUT2D eigenvalue weighted by Crippen LogP contribution is -2.14. The molecule has 0 heterocycles. The van der Waals surface area contributed by atoms with E-state index in [-0.39, 0.29) is 24.2 Å². The number of phenols is 1. The van der Waals surface area contributed by atoms with E-state index in [9.17, 15) is 5.11 Å². The Morgan fingerprint density at radius 1 is 1.41 bits per heavy atom. The molecule has 3 N–H and O–H groups in total. The van der Waals surface area contributed by atoms with Crippen LogP contribution < -0.4 is 10.5 Å². The monoisotopic (exact) mass is 323 g/mol. The zero-order valence-electron chi connectivity index (χ0n) is 10.2. The standard InChI is InChI=1S/C12H18BrNO2.ClH/c1-7(2)6-9(14)11-8(13)4-5-10(16-3)12(11)15;/h4-5,7,9,15H,6,14H2,1-3H3;1H/t9-;/m1./s1. The second kappa shape index (κ2) is 7.09. The molecule has 0 amide bonds. The maximum absolute atomic E-state index is 10.0. The molecule has 1 atom stereocenters. The minimum atomic E-state index is -0.190. The minimum Gasteiger partial charge on any atom is -0.504 e. The summed E-state index contributed by atoms with van der Waals surface area (Å²) in [6, 6.07) is 3.36. The molecular formula is C12H19BrClNO2. The van der Waals surface area contributed by atoms with Gasteiger partial charge in [0.05, 0.1) is 7.11 Å². The van der Waals surface area contributed by atoms with Gasteiger partial charge in [-0.2, -0.15) is 0 Å². The van der Waals surface area contributed by atoms with Crippen molar-refractivity contribution < 1.29 is 9.84 Å². The van der Waals surface area contributed by atoms with Crippen LogP contribution in [0.5, 0.6) is 11.5 Å². The summed E-state index contributed by atoms with van der Waals surface area (Å²) < 4.78 is 5.89. The van der Waals surface area contributed by atoms with Crippen molar-refractivity contribution in [3.8, 4) is 11.5 Å². The zero-order valence-corrected chi connectivity index (χ0v) is 12.6. The van der Waals surface area contributed by atoms with Crippen molar-refractivity contribution >= 4 is 28.3 Å². The minimum absolute atomic E-state index is 0. The van der Waals surface area contributed by atoms with Crippen LogP contribution in [0.25, 0.3) is 0 Å². The molecule has 0 aliphatic rings. The first kappa shape index (κ1) is 16.6. The third-order valence-corrected chi connectivity index (χ3v) is 3.13. The van der Waals surface area contributed by atoms with E-state index in [4.69, 9.17) is 10.5 Å². The summed E-state index contributed by atoms with van der Waals surface area (Å²) in [4.78, 5) is 0. The van der Waals surface area contributed by atoms with Crippen LogP contribution in [0.1, 0.15) is 31.9 Å². The molecule has 1 aromatic rings. The maximum Gasteiger partial charge on any atom is 0.163 e. The number of nitrogens with two attached hydrogens (primary N) is 1. The summed E-state index contributed by atoms with van der Waals surface area (Å²) in [7, 11) is 1.53.